The number of aromatic nitrogens is 2. The smallest absolute Gasteiger partial charge is 0.309 e. The normalized spacial score (nSPS) is 15.4. The van der Waals surface area contributed by atoms with E-state index in [1.54, 1.807) is 26.2 Å². The molecule has 0 saturated carbocycles. The largest absolute Gasteiger partial charge is 0.490 e. The zero-order chi connectivity index (χ0) is 28.5. The Balaban J connectivity index is 1.32. The second kappa shape index (κ2) is 13.3. The Labute approximate surface area is 235 Å². The maximum Gasteiger partial charge on any atom is 0.309 e. The average Bonchev–Trinajstić information content (AvgIpc) is 2.93. The molecule has 1 atom stereocenters. The summed E-state index contributed by atoms with van der Waals surface area (Å²) in [4.78, 5) is 35.3. The molecular weight excluding hydrogens is 508 g/mol. The number of anilines is 2. The van der Waals surface area contributed by atoms with Gasteiger partial charge in [0.05, 0.1) is 31.0 Å². The zero-order valence-corrected chi connectivity index (χ0v) is 23.4. The minimum Gasteiger partial charge on any atom is -0.490 e. The van der Waals surface area contributed by atoms with Crippen molar-refractivity contribution in [2.45, 2.75) is 59.0 Å². The van der Waals surface area contributed by atoms with Crippen LogP contribution in [0.1, 0.15) is 51.2 Å². The Morgan fingerprint density at radius 3 is 2.65 bits per heavy atom. The van der Waals surface area contributed by atoms with Gasteiger partial charge in [0.15, 0.2) is 17.3 Å². The fraction of sp³-hybridized carbons (Fsp3) is 0.419. The van der Waals surface area contributed by atoms with E-state index >= 15 is 0 Å². The van der Waals surface area contributed by atoms with Gasteiger partial charge in [0, 0.05) is 13.0 Å². The lowest BCUT2D eigenvalue weighted by Gasteiger charge is -2.33. The van der Waals surface area contributed by atoms with Crippen LogP contribution in [0.3, 0.4) is 0 Å². The van der Waals surface area contributed by atoms with E-state index < -0.39 is 11.4 Å². The van der Waals surface area contributed by atoms with Crippen LogP contribution in [-0.4, -0.2) is 52.8 Å². The third-order valence-electron chi connectivity index (χ3n) is 6.89. The number of carbonyl (C=O) groups is 2. The molecule has 2 heterocycles. The van der Waals surface area contributed by atoms with Crippen LogP contribution in [0, 0.1) is 5.41 Å². The van der Waals surface area contributed by atoms with Gasteiger partial charge in [-0.05, 0) is 69.7 Å². The molecule has 1 aromatic heterocycles. The standard InChI is InChI=1S/C31H38N4O5/c1-4-39-25-12-5-6-13-26(25)40-24-11-8-16-35(21-24)28-20-32-19-27(33-28)34-29(36)15-14-22-9-7-10-23(17-22)18-31(2,3)30(37)38/h5-7,9-10,12-13,17,19-20,24H,4,8,11,14-16,18,21H2,1-3H3,(H,37,38)(H,33,34,36). The number of nitrogens with zero attached hydrogens (tertiary/aromatic N) is 3. The maximum atomic E-state index is 12.7. The predicted octanol–water partition coefficient (Wildman–Crippen LogP) is 5.15. The molecule has 2 N–H and O–H groups in total. The topological polar surface area (TPSA) is 114 Å². The number of hydrogen-bond donors (Lipinski definition) is 2. The first-order valence-corrected chi connectivity index (χ1v) is 13.8. The van der Waals surface area contributed by atoms with Crippen molar-refractivity contribution < 1.29 is 24.2 Å². The van der Waals surface area contributed by atoms with Crippen molar-refractivity contribution in [2.75, 3.05) is 29.9 Å². The van der Waals surface area contributed by atoms with Crippen molar-refractivity contribution in [3.63, 3.8) is 0 Å². The molecule has 1 amide bonds. The van der Waals surface area contributed by atoms with Crippen LogP contribution < -0.4 is 19.7 Å². The molecule has 1 aliphatic rings. The lowest BCUT2D eigenvalue weighted by atomic mass is 9.85. The van der Waals surface area contributed by atoms with E-state index in [-0.39, 0.29) is 18.4 Å². The van der Waals surface area contributed by atoms with Crippen molar-refractivity contribution in [3.05, 3.63) is 72.1 Å². The molecule has 1 saturated heterocycles. The Morgan fingerprint density at radius 1 is 1.10 bits per heavy atom. The minimum absolute atomic E-state index is 0.0211. The second-order valence-electron chi connectivity index (χ2n) is 10.7. The van der Waals surface area contributed by atoms with Gasteiger partial charge in [0.2, 0.25) is 5.91 Å². The number of aryl methyl sites for hydroxylation is 1. The lowest BCUT2D eigenvalue weighted by Crippen LogP contribution is -2.41. The first-order chi connectivity index (χ1) is 19.2. The van der Waals surface area contributed by atoms with Gasteiger partial charge in [0.25, 0.3) is 0 Å². The number of carboxylic acids is 1. The Kier molecular flexibility index (Phi) is 9.58. The molecular formula is C31H38N4O5. The summed E-state index contributed by atoms with van der Waals surface area (Å²) in [6.45, 7) is 7.43. The van der Waals surface area contributed by atoms with E-state index in [1.807, 2.05) is 55.5 Å². The number of hydrogen-bond acceptors (Lipinski definition) is 7. The van der Waals surface area contributed by atoms with Crippen molar-refractivity contribution in [1.29, 1.82) is 0 Å². The van der Waals surface area contributed by atoms with E-state index in [0.29, 0.717) is 37.6 Å². The van der Waals surface area contributed by atoms with Crippen LogP contribution >= 0.6 is 0 Å². The van der Waals surface area contributed by atoms with Crippen molar-refractivity contribution >= 4 is 23.5 Å². The predicted molar refractivity (Wildman–Crippen MR) is 154 cm³/mol. The van der Waals surface area contributed by atoms with Crippen molar-refractivity contribution in [3.8, 4) is 11.5 Å². The molecule has 0 radical (unpaired) electrons. The number of ether oxygens (including phenoxy) is 2. The summed E-state index contributed by atoms with van der Waals surface area (Å²) in [5, 5.41) is 12.3. The van der Waals surface area contributed by atoms with Crippen LogP contribution in [0.4, 0.5) is 11.6 Å². The number of carbonyl (C=O) groups excluding carboxylic acids is 1. The molecule has 3 aromatic rings. The molecule has 1 unspecified atom stereocenters. The fourth-order valence-corrected chi connectivity index (χ4v) is 4.76. The SMILES string of the molecule is CCOc1ccccc1OC1CCCN(c2cncc(NC(=O)CCc3cccc(CC(C)(C)C(=O)O)c3)n2)C1. The molecule has 1 aliphatic heterocycles. The van der Waals surface area contributed by atoms with Crippen molar-refractivity contribution in [1.82, 2.24) is 9.97 Å². The van der Waals surface area contributed by atoms with E-state index in [4.69, 9.17) is 9.47 Å². The Hall–Kier alpha value is -4.14. The maximum absolute atomic E-state index is 12.7. The number of nitrogens with one attached hydrogen (secondary N) is 1. The summed E-state index contributed by atoms with van der Waals surface area (Å²) in [6.07, 6.45) is 6.34. The van der Waals surface area contributed by atoms with Crippen LogP contribution in [-0.2, 0) is 22.4 Å². The highest BCUT2D eigenvalue weighted by Crippen LogP contribution is 2.30. The zero-order valence-electron chi connectivity index (χ0n) is 23.4. The van der Waals surface area contributed by atoms with Gasteiger partial charge in [-0.15, -0.1) is 0 Å². The molecule has 2 aromatic carbocycles. The third-order valence-corrected chi connectivity index (χ3v) is 6.89. The number of benzene rings is 2. The second-order valence-corrected chi connectivity index (χ2v) is 10.7. The fourth-order valence-electron chi connectivity index (χ4n) is 4.76. The molecule has 0 spiro atoms. The summed E-state index contributed by atoms with van der Waals surface area (Å²) >= 11 is 0. The summed E-state index contributed by atoms with van der Waals surface area (Å²) in [7, 11) is 0. The minimum atomic E-state index is -0.853. The van der Waals surface area contributed by atoms with E-state index in [1.165, 1.54) is 0 Å². The van der Waals surface area contributed by atoms with Gasteiger partial charge in [0.1, 0.15) is 11.9 Å². The van der Waals surface area contributed by atoms with E-state index in [0.717, 1.165) is 42.0 Å². The third kappa shape index (κ3) is 7.94. The monoisotopic (exact) mass is 546 g/mol. The first kappa shape index (κ1) is 28.9. The number of rotatable bonds is 12. The van der Waals surface area contributed by atoms with Gasteiger partial charge < -0.3 is 24.8 Å². The molecule has 9 nitrogen and oxygen atoms in total. The Bertz CT molecular complexity index is 1310. The van der Waals surface area contributed by atoms with E-state index in [2.05, 4.69) is 20.2 Å². The van der Waals surface area contributed by atoms with Gasteiger partial charge in [-0.2, -0.15) is 0 Å². The quantitative estimate of drug-likeness (QED) is 0.321. The number of piperidine rings is 1. The highest BCUT2D eigenvalue weighted by molar-refractivity contribution is 5.89. The highest BCUT2D eigenvalue weighted by atomic mass is 16.5. The van der Waals surface area contributed by atoms with Gasteiger partial charge >= 0.3 is 5.97 Å². The van der Waals surface area contributed by atoms with Crippen LogP contribution in [0.2, 0.25) is 0 Å². The average molecular weight is 547 g/mol. The highest BCUT2D eigenvalue weighted by Gasteiger charge is 2.27. The summed E-state index contributed by atoms with van der Waals surface area (Å²) < 4.78 is 12.0. The first-order valence-electron chi connectivity index (χ1n) is 13.8. The molecule has 1 fully saturated rings. The molecule has 0 aliphatic carbocycles. The molecule has 40 heavy (non-hydrogen) atoms. The number of aliphatic carboxylic acids is 1. The van der Waals surface area contributed by atoms with E-state index in [9.17, 15) is 14.7 Å². The van der Waals surface area contributed by atoms with Crippen LogP contribution in [0.25, 0.3) is 0 Å². The Morgan fingerprint density at radius 2 is 1.88 bits per heavy atom. The van der Waals surface area contributed by atoms with Gasteiger partial charge in [-0.25, -0.2) is 4.98 Å². The van der Waals surface area contributed by atoms with Gasteiger partial charge in [-0.1, -0.05) is 36.4 Å². The summed E-state index contributed by atoms with van der Waals surface area (Å²) in [5.74, 6) is 1.58. The molecule has 4 rings (SSSR count). The summed E-state index contributed by atoms with van der Waals surface area (Å²) in [5.41, 5.74) is 1.07. The molecule has 0 bridgehead atoms. The number of amides is 1. The van der Waals surface area contributed by atoms with Crippen LogP contribution in [0.5, 0.6) is 11.5 Å². The molecule has 212 valence electrons. The molecule has 9 heteroatoms. The van der Waals surface area contributed by atoms with Crippen molar-refractivity contribution in [2.24, 2.45) is 5.41 Å². The van der Waals surface area contributed by atoms with Crippen LogP contribution in [0.15, 0.2) is 60.9 Å². The lowest BCUT2D eigenvalue weighted by molar-refractivity contribution is -0.146. The number of para-hydroxylation sites is 2. The summed E-state index contributed by atoms with van der Waals surface area (Å²) in [6, 6.07) is 15.4. The van der Waals surface area contributed by atoms with Gasteiger partial charge in [-0.3, -0.25) is 14.6 Å². The number of carboxylic acid groups (broad SMARTS) is 1.